The molecule has 0 bridgehead atoms. The fraction of sp³-hybridized carbons (Fsp3) is 0.588. The van der Waals surface area contributed by atoms with Crippen LogP contribution >= 0.6 is 0 Å². The number of carbonyl (C=O) groups excluding carboxylic acids is 1. The third-order valence-corrected chi connectivity index (χ3v) is 6.51. The lowest BCUT2D eigenvalue weighted by atomic mass is 10.2. The third-order valence-electron chi connectivity index (χ3n) is 4.27. The predicted octanol–water partition coefficient (Wildman–Crippen LogP) is 1.22. The van der Waals surface area contributed by atoms with E-state index >= 15 is 0 Å². The first-order chi connectivity index (χ1) is 11.3. The molecule has 134 valence electrons. The summed E-state index contributed by atoms with van der Waals surface area (Å²) in [5.41, 5.74) is 0.719. The molecule has 0 radical (unpaired) electrons. The lowest BCUT2D eigenvalue weighted by molar-refractivity contribution is -0.131. The second-order valence-electron chi connectivity index (χ2n) is 6.36. The molecule has 2 rings (SSSR count). The maximum absolute atomic E-state index is 13.0. The Bertz CT molecular complexity index is 667. The summed E-state index contributed by atoms with van der Waals surface area (Å²) in [5.74, 6) is 0.0159. The van der Waals surface area contributed by atoms with Gasteiger partial charge in [0.2, 0.25) is 15.9 Å². The van der Waals surface area contributed by atoms with Crippen LogP contribution in [0.2, 0.25) is 0 Å². The Balaban J connectivity index is 2.11. The van der Waals surface area contributed by atoms with Gasteiger partial charge >= 0.3 is 0 Å². The van der Waals surface area contributed by atoms with Crippen molar-refractivity contribution in [2.75, 3.05) is 32.7 Å². The molecule has 7 heteroatoms. The van der Waals surface area contributed by atoms with Gasteiger partial charge in [-0.05, 0) is 32.4 Å². The minimum absolute atomic E-state index is 0.0159. The van der Waals surface area contributed by atoms with E-state index in [4.69, 9.17) is 0 Å². The second kappa shape index (κ2) is 8.09. The predicted molar refractivity (Wildman–Crippen MR) is 94.3 cm³/mol. The zero-order chi connectivity index (χ0) is 17.7. The minimum Gasteiger partial charge on any atom is -0.340 e. The Morgan fingerprint density at radius 3 is 2.46 bits per heavy atom. The molecule has 0 atom stereocenters. The number of carbonyl (C=O) groups is 1. The zero-order valence-electron chi connectivity index (χ0n) is 14.7. The van der Waals surface area contributed by atoms with E-state index in [9.17, 15) is 13.2 Å². The number of hydrogen-bond acceptors (Lipinski definition) is 4. The van der Waals surface area contributed by atoms with Crippen LogP contribution in [0.4, 0.5) is 0 Å². The van der Waals surface area contributed by atoms with Crippen molar-refractivity contribution in [3.8, 4) is 0 Å². The number of nitrogens with zero attached hydrogens (tertiary/aromatic N) is 2. The number of amides is 1. The van der Waals surface area contributed by atoms with Crippen molar-refractivity contribution in [1.82, 2.24) is 14.5 Å². The maximum atomic E-state index is 13.0. The Morgan fingerprint density at radius 1 is 1.25 bits per heavy atom. The van der Waals surface area contributed by atoms with Crippen LogP contribution < -0.4 is 5.32 Å². The Kier molecular flexibility index (Phi) is 6.37. The van der Waals surface area contributed by atoms with Crippen LogP contribution in [-0.2, 0) is 14.8 Å². The molecular formula is C17H27N3O3S. The summed E-state index contributed by atoms with van der Waals surface area (Å²) < 4.78 is 27.4. The van der Waals surface area contributed by atoms with Gasteiger partial charge in [-0.25, -0.2) is 8.42 Å². The van der Waals surface area contributed by atoms with Crippen molar-refractivity contribution in [3.05, 3.63) is 29.8 Å². The van der Waals surface area contributed by atoms with Crippen LogP contribution in [0.1, 0.15) is 25.8 Å². The highest BCUT2D eigenvalue weighted by atomic mass is 32.2. The third kappa shape index (κ3) is 4.34. The van der Waals surface area contributed by atoms with E-state index in [1.165, 1.54) is 4.31 Å². The molecule has 24 heavy (non-hydrogen) atoms. The monoisotopic (exact) mass is 353 g/mol. The van der Waals surface area contributed by atoms with Gasteiger partial charge in [-0.2, -0.15) is 4.31 Å². The van der Waals surface area contributed by atoms with Crippen LogP contribution in [0.25, 0.3) is 0 Å². The van der Waals surface area contributed by atoms with Gasteiger partial charge in [0.1, 0.15) is 0 Å². The van der Waals surface area contributed by atoms with E-state index in [2.05, 4.69) is 5.32 Å². The van der Waals surface area contributed by atoms with E-state index in [-0.39, 0.29) is 24.9 Å². The number of nitrogens with one attached hydrogen (secondary N) is 1. The van der Waals surface area contributed by atoms with Crippen molar-refractivity contribution < 1.29 is 13.2 Å². The summed E-state index contributed by atoms with van der Waals surface area (Å²) in [6.07, 6.45) is 0.212. The van der Waals surface area contributed by atoms with E-state index in [1.807, 2.05) is 19.9 Å². The van der Waals surface area contributed by atoms with Gasteiger partial charge in [-0.3, -0.25) is 4.79 Å². The molecule has 1 aliphatic rings. The van der Waals surface area contributed by atoms with Crippen molar-refractivity contribution in [1.29, 1.82) is 0 Å². The highest BCUT2D eigenvalue weighted by Crippen LogP contribution is 2.22. The fourth-order valence-electron chi connectivity index (χ4n) is 2.91. The Hall–Kier alpha value is -1.44. The number of rotatable bonds is 6. The molecule has 1 amide bonds. The summed E-state index contributed by atoms with van der Waals surface area (Å²) in [6, 6.07) is 6.76. The quantitative estimate of drug-likeness (QED) is 0.835. The SMILES string of the molecule is Cc1ccccc1S(=O)(=O)N(CCC(=O)N1CCNCC1)C(C)C. The lowest BCUT2D eigenvalue weighted by Gasteiger charge is -2.30. The molecule has 1 N–H and O–H groups in total. The smallest absolute Gasteiger partial charge is 0.243 e. The molecule has 0 saturated carbocycles. The number of piperazine rings is 1. The summed E-state index contributed by atoms with van der Waals surface area (Å²) in [5, 5.41) is 3.20. The zero-order valence-corrected chi connectivity index (χ0v) is 15.5. The molecule has 1 aromatic rings. The molecule has 1 aromatic carbocycles. The van der Waals surface area contributed by atoms with Crippen molar-refractivity contribution in [2.45, 2.75) is 38.1 Å². The van der Waals surface area contributed by atoms with E-state index in [0.717, 1.165) is 18.7 Å². The highest BCUT2D eigenvalue weighted by molar-refractivity contribution is 7.89. The molecule has 1 fully saturated rings. The van der Waals surface area contributed by atoms with Crippen LogP contribution in [0.3, 0.4) is 0 Å². The van der Waals surface area contributed by atoms with Crippen LogP contribution in [-0.4, -0.2) is 62.3 Å². The van der Waals surface area contributed by atoms with Crippen molar-refractivity contribution in [2.24, 2.45) is 0 Å². The van der Waals surface area contributed by atoms with Crippen LogP contribution in [0, 0.1) is 6.92 Å². The van der Waals surface area contributed by atoms with E-state index < -0.39 is 10.0 Å². The van der Waals surface area contributed by atoms with Crippen molar-refractivity contribution in [3.63, 3.8) is 0 Å². The Labute approximate surface area is 144 Å². The standard InChI is InChI=1S/C17H27N3O3S/c1-14(2)20(11-8-17(21)19-12-9-18-10-13-19)24(22,23)16-7-5-4-6-15(16)3/h4-7,14,18H,8-13H2,1-3H3. The molecule has 0 aromatic heterocycles. The van der Waals surface area contributed by atoms with Gasteiger partial charge in [-0.1, -0.05) is 18.2 Å². The summed E-state index contributed by atoms with van der Waals surface area (Å²) in [7, 11) is -3.61. The van der Waals surface area contributed by atoms with Gasteiger partial charge in [0.05, 0.1) is 4.90 Å². The molecule has 0 aliphatic carbocycles. The first-order valence-corrected chi connectivity index (χ1v) is 9.84. The lowest BCUT2D eigenvalue weighted by Crippen LogP contribution is -2.47. The first-order valence-electron chi connectivity index (χ1n) is 8.40. The molecule has 1 heterocycles. The second-order valence-corrected chi connectivity index (χ2v) is 8.21. The first kappa shape index (κ1) is 18.9. The molecule has 0 spiro atoms. The average molecular weight is 353 g/mol. The van der Waals surface area contributed by atoms with Gasteiger partial charge in [0, 0.05) is 45.2 Å². The van der Waals surface area contributed by atoms with Gasteiger partial charge < -0.3 is 10.2 Å². The maximum Gasteiger partial charge on any atom is 0.243 e. The van der Waals surface area contributed by atoms with Crippen molar-refractivity contribution >= 4 is 15.9 Å². The van der Waals surface area contributed by atoms with E-state index in [0.29, 0.717) is 18.0 Å². The number of aryl methyl sites for hydroxylation is 1. The largest absolute Gasteiger partial charge is 0.340 e. The molecule has 1 saturated heterocycles. The van der Waals surface area contributed by atoms with E-state index in [1.54, 1.807) is 30.0 Å². The summed E-state index contributed by atoms with van der Waals surface area (Å²) in [6.45, 7) is 8.63. The number of hydrogen-bond donors (Lipinski definition) is 1. The normalized spacial score (nSPS) is 16.0. The molecule has 0 unspecified atom stereocenters. The highest BCUT2D eigenvalue weighted by Gasteiger charge is 2.29. The number of benzene rings is 1. The summed E-state index contributed by atoms with van der Waals surface area (Å²) in [4.78, 5) is 14.4. The van der Waals surface area contributed by atoms with Gasteiger partial charge in [0.25, 0.3) is 0 Å². The topological polar surface area (TPSA) is 69.7 Å². The number of sulfonamides is 1. The van der Waals surface area contributed by atoms with Crippen LogP contribution in [0.15, 0.2) is 29.2 Å². The molecule has 1 aliphatic heterocycles. The molecule has 6 nitrogen and oxygen atoms in total. The van der Waals surface area contributed by atoms with Gasteiger partial charge in [0.15, 0.2) is 0 Å². The van der Waals surface area contributed by atoms with Crippen LogP contribution in [0.5, 0.6) is 0 Å². The Morgan fingerprint density at radius 2 is 1.88 bits per heavy atom. The van der Waals surface area contributed by atoms with Gasteiger partial charge in [-0.15, -0.1) is 0 Å². The molecular weight excluding hydrogens is 326 g/mol. The minimum atomic E-state index is -3.61. The summed E-state index contributed by atoms with van der Waals surface area (Å²) >= 11 is 0. The average Bonchev–Trinajstić information content (AvgIpc) is 2.55. The fourth-order valence-corrected chi connectivity index (χ4v) is 4.77.